The minimum absolute atomic E-state index is 0.0609. The van der Waals surface area contributed by atoms with Crippen molar-refractivity contribution >= 4 is 33.2 Å². The normalized spacial score (nSPS) is 23.4. The summed E-state index contributed by atoms with van der Waals surface area (Å²) in [5.41, 5.74) is -0.275. The monoisotopic (exact) mass is 380 g/mol. The van der Waals surface area contributed by atoms with Gasteiger partial charge in [-0.15, -0.1) is 0 Å². The predicted octanol–water partition coefficient (Wildman–Crippen LogP) is 2.96. The Labute approximate surface area is 150 Å². The molecule has 2 rings (SSSR count). The summed E-state index contributed by atoms with van der Waals surface area (Å²) in [6, 6.07) is 2.33. The van der Waals surface area contributed by atoms with Crippen molar-refractivity contribution in [3.05, 3.63) is 17.2 Å². The highest BCUT2D eigenvalue weighted by atomic mass is 35.5. The Morgan fingerprint density at radius 1 is 1.54 bits per heavy atom. The van der Waals surface area contributed by atoms with Crippen LogP contribution in [0.3, 0.4) is 0 Å². The summed E-state index contributed by atoms with van der Waals surface area (Å²) in [6.45, 7) is -0.323. The summed E-state index contributed by atoms with van der Waals surface area (Å²) in [5, 5.41) is 12.3. The van der Waals surface area contributed by atoms with E-state index < -0.39 is 50.9 Å². The number of hydrogen-bond donors (Lipinski definition) is 2. The molecule has 1 amide bonds. The number of carbonyl (C=O) groups is 1. The number of carbonyl (C=O) groups excluding carboxylic acids is 1. The third-order valence-electron chi connectivity index (χ3n) is 3.43. The van der Waals surface area contributed by atoms with E-state index in [1.165, 1.54) is 6.07 Å². The summed E-state index contributed by atoms with van der Waals surface area (Å²) in [5.74, 6) is -0.862. The molecule has 9 heteroatoms. The van der Waals surface area contributed by atoms with Crippen molar-refractivity contribution in [2.24, 2.45) is 0 Å². The van der Waals surface area contributed by atoms with Crippen LogP contribution in [-0.4, -0.2) is 43.7 Å². The van der Waals surface area contributed by atoms with Crippen molar-refractivity contribution < 1.29 is 31.9 Å². The van der Waals surface area contributed by atoms with Crippen molar-refractivity contribution in [1.29, 1.82) is 0 Å². The van der Waals surface area contributed by atoms with Gasteiger partial charge >= 0.3 is 6.09 Å². The van der Waals surface area contributed by atoms with Gasteiger partial charge in [0.2, 0.25) is 0 Å². The summed E-state index contributed by atoms with van der Waals surface area (Å²) in [4.78, 5) is 11.0. The zero-order chi connectivity index (χ0) is 20.6. The Morgan fingerprint density at radius 3 is 2.79 bits per heavy atom. The van der Waals surface area contributed by atoms with Crippen LogP contribution in [0.15, 0.2) is 17.0 Å². The number of halogens is 1. The van der Waals surface area contributed by atoms with Crippen LogP contribution in [0.5, 0.6) is 5.75 Å². The van der Waals surface area contributed by atoms with Crippen LogP contribution in [0.2, 0.25) is 5.02 Å². The highest BCUT2D eigenvalue weighted by Crippen LogP contribution is 2.43. The van der Waals surface area contributed by atoms with Crippen LogP contribution in [0, 0.1) is 0 Å². The number of aromatic hydroxyl groups is 1. The molecule has 0 spiro atoms. The molecule has 1 heterocycles. The SMILES string of the molecule is [2H]C([2H])([2H])C1(S(=O)(=O)c2c(Cl)ccc(NC(=O)OC(C)C)c2O)CCOC1. The number of anilines is 1. The Bertz CT molecular complexity index is 835. The zero-order valence-electron chi connectivity index (χ0n) is 16.1. The van der Waals surface area contributed by atoms with Gasteiger partial charge in [-0.25, -0.2) is 13.2 Å². The maximum atomic E-state index is 13.2. The highest BCUT2D eigenvalue weighted by Gasteiger charge is 2.46. The summed E-state index contributed by atoms with van der Waals surface area (Å²) in [7, 11) is -4.66. The first-order valence-electron chi connectivity index (χ1n) is 8.65. The van der Waals surface area contributed by atoms with E-state index in [1.807, 2.05) is 0 Å². The van der Waals surface area contributed by atoms with Gasteiger partial charge in [-0.05, 0) is 39.3 Å². The van der Waals surface area contributed by atoms with Crippen molar-refractivity contribution in [1.82, 2.24) is 0 Å². The number of nitrogens with one attached hydrogen (secondary N) is 1. The van der Waals surface area contributed by atoms with Gasteiger partial charge in [0.1, 0.15) is 4.90 Å². The van der Waals surface area contributed by atoms with Gasteiger partial charge in [0.25, 0.3) is 0 Å². The molecule has 0 saturated carbocycles. The zero-order valence-corrected chi connectivity index (χ0v) is 14.7. The fourth-order valence-electron chi connectivity index (χ4n) is 2.21. The second-order valence-electron chi connectivity index (χ2n) is 5.65. The van der Waals surface area contributed by atoms with Crippen molar-refractivity contribution in [2.45, 2.75) is 42.9 Å². The second kappa shape index (κ2) is 6.78. The maximum Gasteiger partial charge on any atom is 0.411 e. The molecule has 1 unspecified atom stereocenters. The number of benzene rings is 1. The van der Waals surface area contributed by atoms with E-state index >= 15 is 0 Å². The van der Waals surface area contributed by atoms with Gasteiger partial charge in [-0.2, -0.15) is 0 Å². The van der Waals surface area contributed by atoms with Gasteiger partial charge in [0, 0.05) is 10.7 Å². The minimum atomic E-state index is -4.66. The van der Waals surface area contributed by atoms with Gasteiger partial charge in [-0.3, -0.25) is 5.32 Å². The van der Waals surface area contributed by atoms with Gasteiger partial charge in [0.05, 0.1) is 28.2 Å². The summed E-state index contributed by atoms with van der Waals surface area (Å²) in [6.07, 6.45) is -1.65. The van der Waals surface area contributed by atoms with E-state index in [0.29, 0.717) is 0 Å². The highest BCUT2D eigenvalue weighted by molar-refractivity contribution is 7.93. The van der Waals surface area contributed by atoms with E-state index in [4.69, 9.17) is 25.2 Å². The summed E-state index contributed by atoms with van der Waals surface area (Å²) >= 11 is 5.99. The van der Waals surface area contributed by atoms with E-state index in [-0.39, 0.29) is 23.7 Å². The van der Waals surface area contributed by atoms with Crippen molar-refractivity contribution in [2.75, 3.05) is 18.5 Å². The number of hydrogen-bond acceptors (Lipinski definition) is 6. The molecule has 1 aromatic carbocycles. The molecule has 1 aromatic rings. The smallest absolute Gasteiger partial charge is 0.411 e. The van der Waals surface area contributed by atoms with Crippen LogP contribution in [0.25, 0.3) is 0 Å². The molecule has 134 valence electrons. The van der Waals surface area contributed by atoms with E-state index in [0.717, 1.165) is 6.07 Å². The first-order chi connectivity index (χ1) is 12.3. The first kappa shape index (κ1) is 14.8. The quantitative estimate of drug-likeness (QED) is 0.778. The van der Waals surface area contributed by atoms with Crippen LogP contribution >= 0.6 is 11.6 Å². The Balaban J connectivity index is 2.57. The Kier molecular flexibility index (Phi) is 4.18. The molecule has 1 fully saturated rings. The molecule has 24 heavy (non-hydrogen) atoms. The number of amides is 1. The molecule has 2 N–H and O–H groups in total. The van der Waals surface area contributed by atoms with Crippen molar-refractivity contribution in [3.8, 4) is 5.75 Å². The van der Waals surface area contributed by atoms with Crippen LogP contribution in [0.4, 0.5) is 10.5 Å². The molecule has 0 aromatic heterocycles. The van der Waals surface area contributed by atoms with Crippen LogP contribution in [-0.2, 0) is 19.3 Å². The Morgan fingerprint density at radius 2 is 2.25 bits per heavy atom. The third-order valence-corrected chi connectivity index (χ3v) is 6.16. The lowest BCUT2D eigenvalue weighted by Crippen LogP contribution is -2.36. The number of phenolic OH excluding ortho intramolecular Hbond substituents is 1. The molecule has 1 aliphatic heterocycles. The standard InChI is InChI=1S/C15H20ClNO6S/c1-9(2)23-14(19)17-11-5-4-10(16)13(12(11)18)24(20,21)15(3)6-7-22-8-15/h4-5,9,18H,6-8H2,1-3H3,(H,17,19)/i3D3. The van der Waals surface area contributed by atoms with Gasteiger partial charge < -0.3 is 14.6 Å². The van der Waals surface area contributed by atoms with Crippen molar-refractivity contribution in [3.63, 3.8) is 0 Å². The lowest BCUT2D eigenvalue weighted by molar-refractivity contribution is 0.130. The number of ether oxygens (including phenoxy) is 2. The molecule has 7 nitrogen and oxygen atoms in total. The number of phenols is 1. The fraction of sp³-hybridized carbons (Fsp3) is 0.533. The topological polar surface area (TPSA) is 102 Å². The molecule has 1 aliphatic rings. The van der Waals surface area contributed by atoms with Gasteiger partial charge in [0.15, 0.2) is 15.6 Å². The average Bonchev–Trinajstić information content (AvgIpc) is 3.00. The molecular weight excluding hydrogens is 358 g/mol. The molecule has 0 aliphatic carbocycles. The molecular formula is C15H20ClNO6S. The van der Waals surface area contributed by atoms with E-state index in [9.17, 15) is 18.3 Å². The molecule has 1 atom stereocenters. The lowest BCUT2D eigenvalue weighted by atomic mass is 10.1. The predicted molar refractivity (Wildman–Crippen MR) is 89.4 cm³/mol. The molecule has 0 bridgehead atoms. The third kappa shape index (κ3) is 3.45. The molecule has 0 radical (unpaired) electrons. The molecule has 1 saturated heterocycles. The van der Waals surface area contributed by atoms with Crippen LogP contribution < -0.4 is 5.32 Å². The van der Waals surface area contributed by atoms with E-state index in [2.05, 4.69) is 5.32 Å². The largest absolute Gasteiger partial charge is 0.504 e. The number of sulfone groups is 1. The summed E-state index contributed by atoms with van der Waals surface area (Å²) < 4.78 is 57.3. The first-order valence-corrected chi connectivity index (χ1v) is 9.01. The number of rotatable bonds is 4. The second-order valence-corrected chi connectivity index (χ2v) is 8.26. The minimum Gasteiger partial charge on any atom is -0.504 e. The fourth-order valence-corrected chi connectivity index (χ4v) is 4.34. The lowest BCUT2D eigenvalue weighted by Gasteiger charge is -2.24. The average molecular weight is 381 g/mol. The van der Waals surface area contributed by atoms with Crippen LogP contribution in [0.1, 0.15) is 31.2 Å². The maximum absolute atomic E-state index is 13.2. The van der Waals surface area contributed by atoms with Gasteiger partial charge in [-0.1, -0.05) is 11.6 Å². The van der Waals surface area contributed by atoms with E-state index in [1.54, 1.807) is 13.8 Å². The Hall–Kier alpha value is -1.51.